The number of amides is 2. The second-order valence-corrected chi connectivity index (χ2v) is 10.9. The highest BCUT2D eigenvalue weighted by Crippen LogP contribution is 2.41. The van der Waals surface area contributed by atoms with Gasteiger partial charge < -0.3 is 19.9 Å². The van der Waals surface area contributed by atoms with Gasteiger partial charge in [0.2, 0.25) is 5.91 Å². The third-order valence-corrected chi connectivity index (χ3v) is 6.77. The fourth-order valence-corrected chi connectivity index (χ4v) is 5.12. The van der Waals surface area contributed by atoms with E-state index in [2.05, 4.69) is 30.1 Å². The highest BCUT2D eigenvalue weighted by Gasteiger charge is 2.45. The Morgan fingerprint density at radius 3 is 2.33 bits per heavy atom. The Morgan fingerprint density at radius 1 is 1.15 bits per heavy atom. The van der Waals surface area contributed by atoms with Gasteiger partial charge in [0, 0.05) is 42.0 Å². The van der Waals surface area contributed by atoms with Gasteiger partial charge in [0.25, 0.3) is 5.91 Å². The predicted octanol–water partition coefficient (Wildman–Crippen LogP) is 5.07. The molecule has 1 saturated carbocycles. The van der Waals surface area contributed by atoms with Crippen molar-refractivity contribution >= 4 is 17.5 Å². The number of nitrogens with zero attached hydrogens (tertiary/aromatic N) is 2. The molecule has 0 spiro atoms. The van der Waals surface area contributed by atoms with E-state index in [9.17, 15) is 9.59 Å². The van der Waals surface area contributed by atoms with E-state index in [1.54, 1.807) is 0 Å². The summed E-state index contributed by atoms with van der Waals surface area (Å²) >= 11 is 0. The number of anilines is 1. The first-order valence-electron chi connectivity index (χ1n) is 12.8. The molecule has 1 N–H and O–H groups in total. The second kappa shape index (κ2) is 10.4. The van der Waals surface area contributed by atoms with Crippen LogP contribution >= 0.6 is 0 Å². The third-order valence-electron chi connectivity index (χ3n) is 6.77. The summed E-state index contributed by atoms with van der Waals surface area (Å²) in [5.74, 6) is 0.453. The highest BCUT2D eigenvalue weighted by atomic mass is 16.5. The van der Waals surface area contributed by atoms with Gasteiger partial charge in [-0.1, -0.05) is 39.2 Å². The predicted molar refractivity (Wildman–Crippen MR) is 134 cm³/mol. The summed E-state index contributed by atoms with van der Waals surface area (Å²) in [6.07, 6.45) is 4.62. The van der Waals surface area contributed by atoms with Crippen molar-refractivity contribution in [1.29, 1.82) is 0 Å². The molecule has 0 radical (unpaired) electrons. The summed E-state index contributed by atoms with van der Waals surface area (Å²) in [6, 6.07) is 5.45. The van der Waals surface area contributed by atoms with E-state index < -0.39 is 17.7 Å². The molecule has 3 rings (SSSR count). The number of fused-ring (bicyclic) bond motifs is 1. The average Bonchev–Trinajstić information content (AvgIpc) is 2.88. The quantitative estimate of drug-likeness (QED) is 0.648. The molecule has 0 aromatic heterocycles. The van der Waals surface area contributed by atoms with Crippen LogP contribution in [0.15, 0.2) is 18.2 Å². The molecule has 1 aliphatic carbocycles. The van der Waals surface area contributed by atoms with E-state index in [0.717, 1.165) is 50.0 Å². The van der Waals surface area contributed by atoms with Crippen LogP contribution in [-0.2, 0) is 9.59 Å². The summed E-state index contributed by atoms with van der Waals surface area (Å²) in [5, 5.41) is 3.15. The average molecular weight is 458 g/mol. The summed E-state index contributed by atoms with van der Waals surface area (Å²) in [4.78, 5) is 31.9. The minimum Gasteiger partial charge on any atom is -0.480 e. The Hall–Kier alpha value is -2.24. The maximum atomic E-state index is 14.0. The molecule has 2 amide bonds. The van der Waals surface area contributed by atoms with E-state index >= 15 is 0 Å². The van der Waals surface area contributed by atoms with Crippen LogP contribution in [0.25, 0.3) is 0 Å². The number of ether oxygens (including phenoxy) is 1. The molecule has 33 heavy (non-hydrogen) atoms. The van der Waals surface area contributed by atoms with Gasteiger partial charge in [-0.05, 0) is 59.4 Å². The van der Waals surface area contributed by atoms with Gasteiger partial charge in [0.05, 0.1) is 0 Å². The van der Waals surface area contributed by atoms with Gasteiger partial charge in [-0.3, -0.25) is 9.59 Å². The molecule has 2 unspecified atom stereocenters. The van der Waals surface area contributed by atoms with Crippen molar-refractivity contribution in [3.63, 3.8) is 0 Å². The molecule has 1 aliphatic heterocycles. The lowest BCUT2D eigenvalue weighted by atomic mass is 9.90. The molecule has 184 valence electrons. The van der Waals surface area contributed by atoms with Crippen LogP contribution in [0.3, 0.4) is 0 Å². The zero-order chi connectivity index (χ0) is 24.3. The van der Waals surface area contributed by atoms with Crippen molar-refractivity contribution in [2.75, 3.05) is 18.0 Å². The van der Waals surface area contributed by atoms with Crippen LogP contribution in [0, 0.1) is 5.92 Å². The van der Waals surface area contributed by atoms with Crippen molar-refractivity contribution in [3.05, 3.63) is 23.8 Å². The monoisotopic (exact) mass is 457 g/mol. The fraction of sp³-hybridized carbons (Fsp3) is 0.704. The molecule has 2 aliphatic rings. The lowest BCUT2D eigenvalue weighted by Gasteiger charge is -2.40. The number of benzene rings is 1. The second-order valence-electron chi connectivity index (χ2n) is 10.9. The number of hydrogen-bond acceptors (Lipinski definition) is 4. The minimum atomic E-state index is -0.690. The molecule has 0 saturated heterocycles. The SMILES string of the molecule is CCN(CC)c1ccc2c(c1)OC(C(C)C)C(=O)N(C1CCCCC1)C2C(=O)NC(C)(C)C. The van der Waals surface area contributed by atoms with Crippen LogP contribution < -0.4 is 15.0 Å². The Kier molecular flexibility index (Phi) is 7.96. The minimum absolute atomic E-state index is 0.00187. The molecule has 1 aromatic rings. The fourth-order valence-electron chi connectivity index (χ4n) is 5.12. The van der Waals surface area contributed by atoms with Gasteiger partial charge in [0.15, 0.2) is 6.10 Å². The van der Waals surface area contributed by atoms with Crippen LogP contribution in [0.1, 0.15) is 92.2 Å². The molecule has 6 heteroatoms. The summed E-state index contributed by atoms with van der Waals surface area (Å²) in [6.45, 7) is 16.0. The molecule has 1 aromatic carbocycles. The number of nitrogens with one attached hydrogen (secondary N) is 1. The maximum absolute atomic E-state index is 14.0. The van der Waals surface area contributed by atoms with Gasteiger partial charge in [-0.2, -0.15) is 0 Å². The van der Waals surface area contributed by atoms with Crippen molar-refractivity contribution in [2.45, 2.75) is 104 Å². The van der Waals surface area contributed by atoms with Gasteiger partial charge in [-0.15, -0.1) is 0 Å². The Morgan fingerprint density at radius 2 is 1.79 bits per heavy atom. The van der Waals surface area contributed by atoms with Gasteiger partial charge in [0.1, 0.15) is 11.8 Å². The van der Waals surface area contributed by atoms with Gasteiger partial charge >= 0.3 is 0 Å². The van der Waals surface area contributed by atoms with E-state index in [1.165, 1.54) is 6.42 Å². The molecule has 1 heterocycles. The Bertz CT molecular complexity index is 836. The molecular formula is C27H43N3O3. The number of carbonyl (C=O) groups excluding carboxylic acids is 2. The first kappa shape index (κ1) is 25.4. The first-order valence-corrected chi connectivity index (χ1v) is 12.8. The molecule has 1 fully saturated rings. The van der Waals surface area contributed by atoms with Gasteiger partial charge in [-0.25, -0.2) is 0 Å². The lowest BCUT2D eigenvalue weighted by molar-refractivity contribution is -0.150. The maximum Gasteiger partial charge on any atom is 0.265 e. The zero-order valence-electron chi connectivity index (χ0n) is 21.6. The molecule has 6 nitrogen and oxygen atoms in total. The summed E-state index contributed by atoms with van der Waals surface area (Å²) < 4.78 is 6.44. The molecule has 0 bridgehead atoms. The normalized spacial score (nSPS) is 21.9. The van der Waals surface area contributed by atoms with E-state index in [1.807, 2.05) is 51.7 Å². The molecule has 2 atom stereocenters. The number of rotatable bonds is 6. The van der Waals surface area contributed by atoms with Crippen molar-refractivity contribution in [1.82, 2.24) is 10.2 Å². The largest absolute Gasteiger partial charge is 0.480 e. The van der Waals surface area contributed by atoms with Crippen LogP contribution in [-0.4, -0.2) is 47.5 Å². The molecular weight excluding hydrogens is 414 g/mol. The van der Waals surface area contributed by atoms with Crippen LogP contribution in [0.5, 0.6) is 5.75 Å². The standard InChI is InChI=1S/C27H43N3O3/c1-8-29(9-2)20-15-16-21-22(17-20)33-24(18(3)4)26(32)30(19-13-11-10-12-14-19)23(21)25(31)28-27(5,6)7/h15-19,23-24H,8-14H2,1-7H3,(H,28,31). The van der Waals surface area contributed by atoms with Crippen molar-refractivity contribution in [3.8, 4) is 5.75 Å². The third kappa shape index (κ3) is 5.64. The zero-order valence-corrected chi connectivity index (χ0v) is 21.6. The Balaban J connectivity index is 2.17. The van der Waals surface area contributed by atoms with Crippen molar-refractivity contribution in [2.24, 2.45) is 5.92 Å². The number of hydrogen-bond donors (Lipinski definition) is 1. The lowest BCUT2D eigenvalue weighted by Crippen LogP contribution is -2.54. The van der Waals surface area contributed by atoms with Crippen LogP contribution in [0.2, 0.25) is 0 Å². The topological polar surface area (TPSA) is 61.9 Å². The van der Waals surface area contributed by atoms with E-state index in [4.69, 9.17) is 4.74 Å². The van der Waals surface area contributed by atoms with E-state index in [0.29, 0.717) is 5.75 Å². The number of carbonyl (C=O) groups is 2. The van der Waals surface area contributed by atoms with Crippen LogP contribution in [0.4, 0.5) is 5.69 Å². The highest BCUT2D eigenvalue weighted by molar-refractivity contribution is 5.93. The Labute approximate surface area is 200 Å². The first-order chi connectivity index (χ1) is 15.6. The smallest absolute Gasteiger partial charge is 0.265 e. The van der Waals surface area contributed by atoms with E-state index in [-0.39, 0.29) is 23.8 Å². The van der Waals surface area contributed by atoms with Crippen molar-refractivity contribution < 1.29 is 14.3 Å². The summed E-state index contributed by atoms with van der Waals surface area (Å²) in [5.41, 5.74) is 1.44. The summed E-state index contributed by atoms with van der Waals surface area (Å²) in [7, 11) is 0.